The third kappa shape index (κ3) is 3.31. The first-order valence-corrected chi connectivity index (χ1v) is 7.93. The summed E-state index contributed by atoms with van der Waals surface area (Å²) in [6.07, 6.45) is 2.26. The highest BCUT2D eigenvalue weighted by atomic mass is 16.2. The Morgan fingerprint density at radius 1 is 1.11 bits per heavy atom. The van der Waals surface area contributed by atoms with Gasteiger partial charge in [-0.15, -0.1) is 0 Å². The van der Waals surface area contributed by atoms with Crippen molar-refractivity contribution in [2.24, 2.45) is 17.8 Å². The van der Waals surface area contributed by atoms with Crippen molar-refractivity contribution in [3.63, 3.8) is 0 Å². The number of hydrogen-bond acceptors (Lipinski definition) is 2. The maximum absolute atomic E-state index is 12.8. The minimum Gasteiger partial charge on any atom is -0.322 e. The van der Waals surface area contributed by atoms with Crippen LogP contribution < -0.4 is 5.32 Å². The number of nitrogens with one attached hydrogen (secondary N) is 1. The molecule has 0 aromatic rings. The number of rotatable bonds is 6. The van der Waals surface area contributed by atoms with Crippen molar-refractivity contribution in [3.05, 3.63) is 0 Å². The SMILES string of the molecule is CCC(C)C1NC(C(C)C)N(C(CC)C(C)C)C1=O. The van der Waals surface area contributed by atoms with E-state index in [1.807, 2.05) is 0 Å². The van der Waals surface area contributed by atoms with Gasteiger partial charge in [-0.25, -0.2) is 0 Å². The molecule has 1 saturated heterocycles. The van der Waals surface area contributed by atoms with Crippen LogP contribution >= 0.6 is 0 Å². The zero-order valence-corrected chi connectivity index (χ0v) is 13.7. The lowest BCUT2D eigenvalue weighted by molar-refractivity contribution is -0.134. The van der Waals surface area contributed by atoms with Crippen LogP contribution in [0.4, 0.5) is 0 Å². The van der Waals surface area contributed by atoms with Crippen LogP contribution in [0.2, 0.25) is 0 Å². The van der Waals surface area contributed by atoms with Gasteiger partial charge in [-0.05, 0) is 24.2 Å². The standard InChI is InChI=1S/C16H32N2O/c1-8-12(7)14-16(19)18(13(9-2)10(3)4)15(17-14)11(5)6/h10-15,17H,8-9H2,1-7H3. The molecule has 0 spiro atoms. The van der Waals surface area contributed by atoms with Gasteiger partial charge in [0, 0.05) is 6.04 Å². The van der Waals surface area contributed by atoms with E-state index >= 15 is 0 Å². The predicted molar refractivity (Wildman–Crippen MR) is 80.8 cm³/mol. The van der Waals surface area contributed by atoms with Gasteiger partial charge < -0.3 is 4.90 Å². The summed E-state index contributed by atoms with van der Waals surface area (Å²) in [5.74, 6) is 1.68. The number of amides is 1. The van der Waals surface area contributed by atoms with E-state index < -0.39 is 0 Å². The summed E-state index contributed by atoms with van der Waals surface area (Å²) in [7, 11) is 0. The highest BCUT2D eigenvalue weighted by Gasteiger charge is 2.45. The molecule has 3 nitrogen and oxygen atoms in total. The second-order valence-electron chi connectivity index (χ2n) is 6.68. The third-order valence-electron chi connectivity index (χ3n) is 4.56. The van der Waals surface area contributed by atoms with Gasteiger partial charge in [0.2, 0.25) is 5.91 Å². The zero-order chi connectivity index (χ0) is 14.7. The average molecular weight is 268 g/mol. The molecule has 1 aliphatic heterocycles. The van der Waals surface area contributed by atoms with Gasteiger partial charge in [-0.3, -0.25) is 10.1 Å². The quantitative estimate of drug-likeness (QED) is 0.802. The summed E-state index contributed by atoms with van der Waals surface area (Å²) in [4.78, 5) is 14.9. The molecule has 0 aromatic carbocycles. The first-order chi connectivity index (χ1) is 8.84. The summed E-state index contributed by atoms with van der Waals surface area (Å²) in [6, 6.07) is 0.353. The molecule has 1 fully saturated rings. The number of carbonyl (C=O) groups is 1. The van der Waals surface area contributed by atoms with Gasteiger partial charge in [0.15, 0.2) is 0 Å². The van der Waals surface area contributed by atoms with Crippen LogP contribution in [0.25, 0.3) is 0 Å². The van der Waals surface area contributed by atoms with Crippen LogP contribution in [0.15, 0.2) is 0 Å². The van der Waals surface area contributed by atoms with Crippen molar-refractivity contribution in [1.82, 2.24) is 10.2 Å². The molecule has 1 N–H and O–H groups in total. The molecule has 19 heavy (non-hydrogen) atoms. The van der Waals surface area contributed by atoms with Gasteiger partial charge in [0.25, 0.3) is 0 Å². The highest BCUT2D eigenvalue weighted by molar-refractivity contribution is 5.85. The van der Waals surface area contributed by atoms with Gasteiger partial charge in [0.1, 0.15) is 0 Å². The average Bonchev–Trinajstić information content (AvgIpc) is 2.67. The molecule has 0 saturated carbocycles. The van der Waals surface area contributed by atoms with Crippen LogP contribution in [0.3, 0.4) is 0 Å². The fourth-order valence-electron chi connectivity index (χ4n) is 3.15. The third-order valence-corrected chi connectivity index (χ3v) is 4.56. The van der Waals surface area contributed by atoms with E-state index in [-0.39, 0.29) is 12.2 Å². The largest absolute Gasteiger partial charge is 0.322 e. The van der Waals surface area contributed by atoms with Crippen LogP contribution in [-0.4, -0.2) is 29.1 Å². The van der Waals surface area contributed by atoms with Gasteiger partial charge in [-0.2, -0.15) is 0 Å². The Hall–Kier alpha value is -0.570. The molecule has 1 heterocycles. The Balaban J connectivity index is 3.01. The van der Waals surface area contributed by atoms with Crippen molar-refractivity contribution in [2.45, 2.75) is 79.6 Å². The van der Waals surface area contributed by atoms with E-state index in [9.17, 15) is 4.79 Å². The molecule has 3 heteroatoms. The lowest BCUT2D eigenvalue weighted by atomic mass is 9.96. The van der Waals surface area contributed by atoms with Crippen LogP contribution in [0, 0.1) is 17.8 Å². The molecule has 0 aliphatic carbocycles. The normalized spacial score (nSPS) is 27.4. The van der Waals surface area contributed by atoms with E-state index in [1.54, 1.807) is 0 Å². The van der Waals surface area contributed by atoms with Crippen molar-refractivity contribution < 1.29 is 4.79 Å². The summed E-state index contributed by atoms with van der Waals surface area (Å²) >= 11 is 0. The Labute approximate surface area is 119 Å². The van der Waals surface area contributed by atoms with Crippen molar-refractivity contribution in [2.75, 3.05) is 0 Å². The predicted octanol–water partition coefficient (Wildman–Crippen LogP) is 3.25. The smallest absolute Gasteiger partial charge is 0.241 e. The number of carbonyl (C=O) groups excluding carboxylic acids is 1. The van der Waals surface area contributed by atoms with Crippen LogP contribution in [0.5, 0.6) is 0 Å². The Morgan fingerprint density at radius 2 is 1.68 bits per heavy atom. The molecule has 4 unspecified atom stereocenters. The van der Waals surface area contributed by atoms with Gasteiger partial charge >= 0.3 is 0 Å². The maximum atomic E-state index is 12.8. The van der Waals surface area contributed by atoms with Crippen LogP contribution in [0.1, 0.15) is 61.3 Å². The van der Waals surface area contributed by atoms with Gasteiger partial charge in [-0.1, -0.05) is 54.9 Å². The topological polar surface area (TPSA) is 32.3 Å². The lowest BCUT2D eigenvalue weighted by Gasteiger charge is -2.36. The number of hydrogen-bond donors (Lipinski definition) is 1. The van der Waals surface area contributed by atoms with Crippen LogP contribution in [-0.2, 0) is 4.79 Å². The molecule has 1 rings (SSSR count). The molecule has 0 bridgehead atoms. The summed E-state index contributed by atoms with van der Waals surface area (Å²) in [5.41, 5.74) is 0. The minimum absolute atomic E-state index is 0.00481. The molecular weight excluding hydrogens is 236 g/mol. The van der Waals surface area contributed by atoms with E-state index in [1.165, 1.54) is 0 Å². The molecule has 1 amide bonds. The Bertz CT molecular complexity index is 301. The minimum atomic E-state index is 0.00481. The molecule has 0 aromatic heterocycles. The molecule has 1 aliphatic rings. The summed E-state index contributed by atoms with van der Waals surface area (Å²) < 4.78 is 0. The molecular formula is C16H32N2O. The molecule has 4 atom stereocenters. The molecule has 0 radical (unpaired) electrons. The summed E-state index contributed by atoms with van der Waals surface area (Å²) in [5, 5.41) is 3.59. The first-order valence-electron chi connectivity index (χ1n) is 7.93. The first kappa shape index (κ1) is 16.5. The monoisotopic (exact) mass is 268 g/mol. The Morgan fingerprint density at radius 3 is 2.05 bits per heavy atom. The van der Waals surface area contributed by atoms with E-state index in [2.05, 4.69) is 58.7 Å². The Kier molecular flexibility index (Phi) is 5.84. The molecule has 112 valence electrons. The lowest BCUT2D eigenvalue weighted by Crippen LogP contribution is -2.49. The van der Waals surface area contributed by atoms with Gasteiger partial charge in [0.05, 0.1) is 12.2 Å². The van der Waals surface area contributed by atoms with E-state index in [0.717, 1.165) is 12.8 Å². The van der Waals surface area contributed by atoms with Crippen molar-refractivity contribution in [3.8, 4) is 0 Å². The van der Waals surface area contributed by atoms with Crippen molar-refractivity contribution >= 4 is 5.91 Å². The number of nitrogens with zero attached hydrogens (tertiary/aromatic N) is 1. The van der Waals surface area contributed by atoms with E-state index in [4.69, 9.17) is 0 Å². The maximum Gasteiger partial charge on any atom is 0.241 e. The highest BCUT2D eigenvalue weighted by Crippen LogP contribution is 2.28. The second-order valence-corrected chi connectivity index (χ2v) is 6.68. The zero-order valence-electron chi connectivity index (χ0n) is 13.7. The van der Waals surface area contributed by atoms with Crippen molar-refractivity contribution in [1.29, 1.82) is 0 Å². The second kappa shape index (κ2) is 6.74. The fourth-order valence-corrected chi connectivity index (χ4v) is 3.15. The fraction of sp³-hybridized carbons (Fsp3) is 0.938. The van der Waals surface area contributed by atoms with E-state index in [0.29, 0.717) is 29.7 Å². The summed E-state index contributed by atoms with van der Waals surface area (Å²) in [6.45, 7) is 15.4.